The molecule has 5 nitrogen and oxygen atoms in total. The van der Waals surface area contributed by atoms with Crippen LogP contribution in [0.2, 0.25) is 0 Å². The highest BCUT2D eigenvalue weighted by atomic mass is 35.5. The van der Waals surface area contributed by atoms with Crippen molar-refractivity contribution >= 4 is 24.0 Å². The summed E-state index contributed by atoms with van der Waals surface area (Å²) in [6.07, 6.45) is 4.91. The number of halogens is 1. The second-order valence-corrected chi connectivity index (χ2v) is 6.88. The van der Waals surface area contributed by atoms with Crippen LogP contribution in [0.25, 0.3) is 0 Å². The third kappa shape index (κ3) is 7.04. The fourth-order valence-electron chi connectivity index (χ4n) is 3.26. The van der Waals surface area contributed by atoms with Gasteiger partial charge < -0.3 is 20.1 Å². The Kier molecular flexibility index (Phi) is 10.4. The summed E-state index contributed by atoms with van der Waals surface area (Å²) in [5.74, 6) is 2.47. The van der Waals surface area contributed by atoms with Gasteiger partial charge in [-0.1, -0.05) is 20.3 Å². The number of rotatable bonds is 9. The number of anilines is 1. The number of carbonyl (C=O) groups is 1. The fraction of sp³-hybridized carbons (Fsp3) is 0.650. The Morgan fingerprint density at radius 1 is 1.35 bits per heavy atom. The van der Waals surface area contributed by atoms with Gasteiger partial charge in [-0.3, -0.25) is 4.79 Å². The van der Waals surface area contributed by atoms with Gasteiger partial charge in [0.15, 0.2) is 0 Å². The molecule has 1 unspecified atom stereocenters. The molecule has 0 aliphatic carbocycles. The van der Waals surface area contributed by atoms with Gasteiger partial charge in [0.1, 0.15) is 11.5 Å². The van der Waals surface area contributed by atoms with Crippen molar-refractivity contribution in [1.82, 2.24) is 5.32 Å². The van der Waals surface area contributed by atoms with E-state index in [-0.39, 0.29) is 18.3 Å². The first-order valence-electron chi connectivity index (χ1n) is 9.45. The average molecular weight is 385 g/mol. The Morgan fingerprint density at radius 3 is 2.73 bits per heavy atom. The zero-order chi connectivity index (χ0) is 18.1. The fourth-order valence-corrected chi connectivity index (χ4v) is 3.26. The van der Waals surface area contributed by atoms with Crippen LogP contribution in [0.15, 0.2) is 18.2 Å². The van der Waals surface area contributed by atoms with E-state index >= 15 is 0 Å². The van der Waals surface area contributed by atoms with Crippen molar-refractivity contribution in [2.75, 3.05) is 32.1 Å². The number of unbranched alkanes of at least 4 members (excludes halogenated alkanes) is 1. The smallest absolute Gasteiger partial charge is 0.224 e. The Balaban J connectivity index is 0.00000338. The summed E-state index contributed by atoms with van der Waals surface area (Å²) in [4.78, 5) is 12.5. The zero-order valence-corrected chi connectivity index (χ0v) is 17.0. The lowest BCUT2D eigenvalue weighted by molar-refractivity contribution is -0.117. The molecular weight excluding hydrogens is 352 g/mol. The van der Waals surface area contributed by atoms with Gasteiger partial charge in [-0.15, -0.1) is 12.4 Å². The number of benzene rings is 1. The normalized spacial score (nSPS) is 15.7. The number of carbonyl (C=O) groups excluding carboxylic acids is 1. The average Bonchev–Trinajstić information content (AvgIpc) is 2.63. The van der Waals surface area contributed by atoms with Crippen molar-refractivity contribution in [2.24, 2.45) is 11.8 Å². The molecule has 0 saturated carbocycles. The highest BCUT2D eigenvalue weighted by Gasteiger charge is 2.22. The molecule has 0 radical (unpaired) electrons. The molecule has 2 N–H and O–H groups in total. The van der Waals surface area contributed by atoms with Crippen LogP contribution in [0.5, 0.6) is 11.5 Å². The first-order valence-corrected chi connectivity index (χ1v) is 9.45. The molecule has 1 amide bonds. The van der Waals surface area contributed by atoms with Crippen LogP contribution in [0.4, 0.5) is 5.69 Å². The quantitative estimate of drug-likeness (QED) is 0.624. The molecule has 6 heteroatoms. The Hall–Kier alpha value is -1.46. The summed E-state index contributed by atoms with van der Waals surface area (Å²) in [6.45, 7) is 7.07. The van der Waals surface area contributed by atoms with Crippen LogP contribution < -0.4 is 20.1 Å². The molecule has 26 heavy (non-hydrogen) atoms. The molecular formula is C20H33ClN2O3. The second kappa shape index (κ2) is 12.0. The van der Waals surface area contributed by atoms with Crippen LogP contribution in [0, 0.1) is 11.8 Å². The van der Waals surface area contributed by atoms with Crippen molar-refractivity contribution in [1.29, 1.82) is 0 Å². The molecule has 0 spiro atoms. The van der Waals surface area contributed by atoms with E-state index in [2.05, 4.69) is 24.5 Å². The molecule has 1 atom stereocenters. The Labute approximate surface area is 163 Å². The maximum Gasteiger partial charge on any atom is 0.224 e. The van der Waals surface area contributed by atoms with E-state index in [1.807, 2.05) is 18.2 Å². The van der Waals surface area contributed by atoms with Gasteiger partial charge in [0.05, 0.1) is 19.4 Å². The maximum atomic E-state index is 12.5. The number of amides is 1. The second-order valence-electron chi connectivity index (χ2n) is 6.88. The van der Waals surface area contributed by atoms with Crippen molar-refractivity contribution in [3.63, 3.8) is 0 Å². The molecule has 1 saturated heterocycles. The standard InChI is InChI=1S/C20H32N2O3.ClH/c1-4-5-12-25-19-7-6-17(24-3)14-18(19)22-20(23)13-15(2)16-8-10-21-11-9-16;/h6-7,14-16,21H,4-5,8-13H2,1-3H3,(H,22,23);1H. The largest absolute Gasteiger partial charge is 0.497 e. The molecule has 148 valence electrons. The van der Waals surface area contributed by atoms with E-state index in [0.717, 1.165) is 38.8 Å². The SMILES string of the molecule is CCCCOc1ccc(OC)cc1NC(=O)CC(C)C1CCNCC1.Cl. The molecule has 1 aliphatic heterocycles. The van der Waals surface area contributed by atoms with Crippen LogP contribution in [0.1, 0.15) is 46.0 Å². The number of nitrogens with one attached hydrogen (secondary N) is 2. The number of hydrogen-bond donors (Lipinski definition) is 2. The Bertz CT molecular complexity index is 548. The van der Waals surface area contributed by atoms with E-state index < -0.39 is 0 Å². The van der Waals surface area contributed by atoms with E-state index in [0.29, 0.717) is 42.0 Å². The molecule has 1 heterocycles. The first kappa shape index (κ1) is 22.6. The third-order valence-corrected chi connectivity index (χ3v) is 4.91. The van der Waals surface area contributed by atoms with E-state index in [4.69, 9.17) is 9.47 Å². The van der Waals surface area contributed by atoms with Gasteiger partial charge in [0, 0.05) is 12.5 Å². The summed E-state index contributed by atoms with van der Waals surface area (Å²) in [5, 5.41) is 6.40. The van der Waals surface area contributed by atoms with Crippen LogP contribution in [-0.2, 0) is 4.79 Å². The van der Waals surface area contributed by atoms with E-state index in [1.165, 1.54) is 0 Å². The number of methoxy groups -OCH3 is 1. The van der Waals surface area contributed by atoms with Gasteiger partial charge in [0.25, 0.3) is 0 Å². The van der Waals surface area contributed by atoms with Gasteiger partial charge in [0.2, 0.25) is 5.91 Å². The summed E-state index contributed by atoms with van der Waals surface area (Å²) in [7, 11) is 1.62. The number of hydrogen-bond acceptors (Lipinski definition) is 4. The lowest BCUT2D eigenvalue weighted by atomic mass is 9.84. The van der Waals surface area contributed by atoms with Crippen molar-refractivity contribution in [3.8, 4) is 11.5 Å². The zero-order valence-electron chi connectivity index (χ0n) is 16.2. The maximum absolute atomic E-state index is 12.5. The van der Waals surface area contributed by atoms with Gasteiger partial charge in [-0.2, -0.15) is 0 Å². The molecule has 1 aromatic rings. The minimum Gasteiger partial charge on any atom is -0.497 e. The third-order valence-electron chi connectivity index (χ3n) is 4.91. The topological polar surface area (TPSA) is 59.6 Å². The summed E-state index contributed by atoms with van der Waals surface area (Å²) in [5.41, 5.74) is 0.693. The predicted octanol–water partition coefficient (Wildman–Crippen LogP) is 4.26. The molecule has 1 aromatic carbocycles. The Morgan fingerprint density at radius 2 is 2.08 bits per heavy atom. The van der Waals surface area contributed by atoms with Crippen molar-refractivity contribution in [3.05, 3.63) is 18.2 Å². The highest BCUT2D eigenvalue weighted by molar-refractivity contribution is 5.92. The van der Waals surface area contributed by atoms with Crippen LogP contribution in [0.3, 0.4) is 0 Å². The summed E-state index contributed by atoms with van der Waals surface area (Å²) in [6, 6.07) is 5.54. The number of piperidine rings is 1. The minimum atomic E-state index is 0. The van der Waals surface area contributed by atoms with Gasteiger partial charge in [-0.25, -0.2) is 0 Å². The predicted molar refractivity (Wildman–Crippen MR) is 109 cm³/mol. The lowest BCUT2D eigenvalue weighted by Crippen LogP contribution is -2.32. The summed E-state index contributed by atoms with van der Waals surface area (Å²) >= 11 is 0. The molecule has 0 aromatic heterocycles. The van der Waals surface area contributed by atoms with Gasteiger partial charge in [-0.05, 0) is 56.3 Å². The molecule has 1 fully saturated rings. The monoisotopic (exact) mass is 384 g/mol. The van der Waals surface area contributed by atoms with Crippen LogP contribution in [-0.4, -0.2) is 32.7 Å². The van der Waals surface area contributed by atoms with Crippen LogP contribution >= 0.6 is 12.4 Å². The van der Waals surface area contributed by atoms with Crippen molar-refractivity contribution < 1.29 is 14.3 Å². The molecule has 0 bridgehead atoms. The first-order chi connectivity index (χ1) is 12.1. The summed E-state index contributed by atoms with van der Waals surface area (Å²) < 4.78 is 11.1. The van der Waals surface area contributed by atoms with Crippen molar-refractivity contribution in [2.45, 2.75) is 46.0 Å². The van der Waals surface area contributed by atoms with Gasteiger partial charge >= 0.3 is 0 Å². The van der Waals surface area contributed by atoms with E-state index in [9.17, 15) is 4.79 Å². The highest BCUT2D eigenvalue weighted by Crippen LogP contribution is 2.30. The molecule has 1 aliphatic rings. The molecule has 2 rings (SSSR count). The van der Waals surface area contributed by atoms with E-state index in [1.54, 1.807) is 7.11 Å². The number of ether oxygens (including phenoxy) is 2. The lowest BCUT2D eigenvalue weighted by Gasteiger charge is -2.28. The minimum absolute atomic E-state index is 0.